The molecule has 0 fully saturated rings. The van der Waals surface area contributed by atoms with E-state index in [2.05, 4.69) is 28.9 Å². The summed E-state index contributed by atoms with van der Waals surface area (Å²) in [5.74, 6) is 0.982. The normalized spacial score (nSPS) is 12.8. The molecule has 148 valence electrons. The molecule has 1 aromatic carbocycles. The molecule has 0 unspecified atom stereocenters. The van der Waals surface area contributed by atoms with Crippen molar-refractivity contribution in [1.82, 2.24) is 19.7 Å². The monoisotopic (exact) mass is 412 g/mol. The summed E-state index contributed by atoms with van der Waals surface area (Å²) >= 11 is 1.59. The van der Waals surface area contributed by atoms with Gasteiger partial charge >= 0.3 is 0 Å². The summed E-state index contributed by atoms with van der Waals surface area (Å²) in [7, 11) is 0. The van der Waals surface area contributed by atoms with Crippen LogP contribution < -0.4 is 4.90 Å². The molecule has 0 radical (unpaired) electrons. The van der Waals surface area contributed by atoms with E-state index < -0.39 is 0 Å². The Morgan fingerprint density at radius 2 is 2.10 bits per heavy atom. The number of benzene rings is 1. The summed E-state index contributed by atoms with van der Waals surface area (Å²) in [6.07, 6.45) is 5.56. The molecule has 1 aliphatic heterocycles. The molecule has 5 rings (SSSR count). The molecule has 1 aliphatic rings. The van der Waals surface area contributed by atoms with Gasteiger partial charge in [0.15, 0.2) is 0 Å². The van der Waals surface area contributed by atoms with E-state index in [1.807, 2.05) is 47.4 Å². The van der Waals surface area contributed by atoms with Gasteiger partial charge in [-0.15, -0.1) is 11.3 Å². The minimum Gasteiger partial charge on any atom is -0.325 e. The number of hydrogen-bond acceptors (Lipinski definition) is 6. The number of aryl methyl sites for hydroxylation is 2. The number of aromatic nitrogens is 4. The van der Waals surface area contributed by atoms with Crippen LogP contribution in [0, 0.1) is 18.3 Å². The minimum atomic E-state index is 0.694. The van der Waals surface area contributed by atoms with Gasteiger partial charge in [0.1, 0.15) is 16.5 Å². The van der Waals surface area contributed by atoms with E-state index in [1.165, 1.54) is 5.56 Å². The summed E-state index contributed by atoms with van der Waals surface area (Å²) in [5.41, 5.74) is 7.08. The average Bonchev–Trinajstić information content (AvgIpc) is 3.52. The first-order valence-electron chi connectivity index (χ1n) is 9.95. The lowest BCUT2D eigenvalue weighted by molar-refractivity contribution is 0.864. The van der Waals surface area contributed by atoms with Crippen LogP contribution in [0.25, 0.3) is 16.4 Å². The molecule has 0 saturated heterocycles. The van der Waals surface area contributed by atoms with Crippen molar-refractivity contribution in [2.75, 3.05) is 11.4 Å². The quantitative estimate of drug-likeness (QED) is 0.480. The maximum Gasteiger partial charge on any atom is 0.143 e. The maximum absolute atomic E-state index is 9.25. The molecule has 0 aliphatic carbocycles. The lowest BCUT2D eigenvalue weighted by Crippen LogP contribution is -2.16. The van der Waals surface area contributed by atoms with Crippen molar-refractivity contribution in [3.8, 4) is 22.5 Å². The number of fused-ring (bicyclic) bond motifs is 1. The Kier molecular flexibility index (Phi) is 4.57. The zero-order chi connectivity index (χ0) is 20.7. The number of nitrogens with zero attached hydrogens (tertiary/aromatic N) is 6. The van der Waals surface area contributed by atoms with Crippen LogP contribution in [0.3, 0.4) is 0 Å². The van der Waals surface area contributed by atoms with Gasteiger partial charge < -0.3 is 4.90 Å². The highest BCUT2D eigenvalue weighted by Crippen LogP contribution is 2.38. The van der Waals surface area contributed by atoms with Crippen LogP contribution in [0.5, 0.6) is 0 Å². The van der Waals surface area contributed by atoms with Gasteiger partial charge in [0.2, 0.25) is 0 Å². The van der Waals surface area contributed by atoms with Gasteiger partial charge in [-0.3, -0.25) is 0 Å². The summed E-state index contributed by atoms with van der Waals surface area (Å²) in [4.78, 5) is 11.5. The Bertz CT molecular complexity index is 1270. The first-order valence-corrected chi connectivity index (χ1v) is 10.8. The third-order valence-corrected chi connectivity index (χ3v) is 6.21. The molecule has 0 N–H and O–H groups in total. The molecule has 4 heterocycles. The van der Waals surface area contributed by atoms with E-state index in [0.29, 0.717) is 5.56 Å². The van der Waals surface area contributed by atoms with Crippen molar-refractivity contribution < 1.29 is 0 Å². The molecule has 0 spiro atoms. The topological polar surface area (TPSA) is 70.6 Å². The number of hydrogen-bond donors (Lipinski definition) is 0. The zero-order valence-electron chi connectivity index (χ0n) is 16.8. The highest BCUT2D eigenvalue weighted by Gasteiger charge is 2.27. The minimum absolute atomic E-state index is 0.694. The SMILES string of the molecule is CCc1cc(C#N)ccc1N1CCc2c(-n3ccc(-c4nccs4)n3)cc(C)nc21. The number of nitriles is 1. The van der Waals surface area contributed by atoms with Crippen molar-refractivity contribution in [2.45, 2.75) is 26.7 Å². The van der Waals surface area contributed by atoms with Crippen LogP contribution in [0.15, 0.2) is 48.1 Å². The number of anilines is 2. The van der Waals surface area contributed by atoms with E-state index in [9.17, 15) is 5.26 Å². The second-order valence-electron chi connectivity index (χ2n) is 7.28. The largest absolute Gasteiger partial charge is 0.325 e. The molecule has 0 amide bonds. The summed E-state index contributed by atoms with van der Waals surface area (Å²) in [6, 6.07) is 12.3. The van der Waals surface area contributed by atoms with E-state index >= 15 is 0 Å². The van der Waals surface area contributed by atoms with Crippen LogP contribution in [0.4, 0.5) is 11.5 Å². The Morgan fingerprint density at radius 3 is 2.87 bits per heavy atom. The van der Waals surface area contributed by atoms with Crippen molar-refractivity contribution in [2.24, 2.45) is 0 Å². The van der Waals surface area contributed by atoms with E-state index in [4.69, 9.17) is 10.1 Å². The van der Waals surface area contributed by atoms with E-state index in [1.54, 1.807) is 17.5 Å². The molecular formula is C23H20N6S. The number of rotatable bonds is 4. The van der Waals surface area contributed by atoms with Crippen LogP contribution >= 0.6 is 11.3 Å². The molecule has 6 nitrogen and oxygen atoms in total. The fourth-order valence-corrected chi connectivity index (χ4v) is 4.62. The molecule has 0 atom stereocenters. The Morgan fingerprint density at radius 1 is 1.20 bits per heavy atom. The van der Waals surface area contributed by atoms with Crippen LogP contribution in [-0.4, -0.2) is 26.3 Å². The van der Waals surface area contributed by atoms with Crippen molar-refractivity contribution in [1.29, 1.82) is 5.26 Å². The summed E-state index contributed by atoms with van der Waals surface area (Å²) in [6.45, 7) is 5.00. The number of thiazole rings is 1. The summed E-state index contributed by atoms with van der Waals surface area (Å²) in [5, 5.41) is 16.9. The van der Waals surface area contributed by atoms with Crippen LogP contribution in [0.1, 0.15) is 29.3 Å². The van der Waals surface area contributed by atoms with Gasteiger partial charge in [-0.1, -0.05) is 6.92 Å². The van der Waals surface area contributed by atoms with Crippen molar-refractivity contribution in [3.63, 3.8) is 0 Å². The van der Waals surface area contributed by atoms with Crippen LogP contribution in [0.2, 0.25) is 0 Å². The average molecular weight is 413 g/mol. The predicted molar refractivity (Wildman–Crippen MR) is 118 cm³/mol. The lowest BCUT2D eigenvalue weighted by Gasteiger charge is -2.22. The Balaban J connectivity index is 1.59. The highest BCUT2D eigenvalue weighted by atomic mass is 32.1. The van der Waals surface area contributed by atoms with Gasteiger partial charge in [0, 0.05) is 41.3 Å². The van der Waals surface area contributed by atoms with Crippen molar-refractivity contribution >= 4 is 22.8 Å². The van der Waals surface area contributed by atoms with Crippen LogP contribution in [-0.2, 0) is 12.8 Å². The third kappa shape index (κ3) is 3.06. The van der Waals surface area contributed by atoms with Gasteiger partial charge in [0.05, 0.1) is 17.3 Å². The van der Waals surface area contributed by atoms with E-state index in [-0.39, 0.29) is 0 Å². The molecule has 3 aromatic heterocycles. The van der Waals surface area contributed by atoms with Crippen molar-refractivity contribution in [3.05, 3.63) is 70.5 Å². The second kappa shape index (κ2) is 7.39. The third-order valence-electron chi connectivity index (χ3n) is 5.42. The smallest absolute Gasteiger partial charge is 0.143 e. The second-order valence-corrected chi connectivity index (χ2v) is 8.17. The molecule has 30 heavy (non-hydrogen) atoms. The highest BCUT2D eigenvalue weighted by molar-refractivity contribution is 7.13. The molecule has 0 saturated carbocycles. The first kappa shape index (κ1) is 18.5. The van der Waals surface area contributed by atoms with Gasteiger partial charge in [-0.05, 0) is 55.7 Å². The summed E-state index contributed by atoms with van der Waals surface area (Å²) < 4.78 is 1.94. The van der Waals surface area contributed by atoms with Gasteiger partial charge in [-0.2, -0.15) is 10.4 Å². The molecular weight excluding hydrogens is 392 g/mol. The predicted octanol–water partition coefficient (Wildman–Crippen LogP) is 4.83. The number of pyridine rings is 1. The Hall–Kier alpha value is -3.50. The zero-order valence-corrected chi connectivity index (χ0v) is 17.6. The van der Waals surface area contributed by atoms with E-state index in [0.717, 1.165) is 58.5 Å². The standard InChI is InChI=1S/C23H20N6S/c1-3-17-13-16(14-24)4-5-20(17)28-9-6-18-21(12-15(2)26-22(18)28)29-10-7-19(27-29)23-25-8-11-30-23/h4-5,7-8,10-13H,3,6,9H2,1-2H3. The first-order chi connectivity index (χ1) is 14.7. The van der Waals surface area contributed by atoms with Gasteiger partial charge in [0.25, 0.3) is 0 Å². The molecule has 0 bridgehead atoms. The fraction of sp³-hybridized carbons (Fsp3) is 0.217. The molecule has 4 aromatic rings. The maximum atomic E-state index is 9.25. The Labute approximate surface area is 179 Å². The molecule has 7 heteroatoms. The van der Waals surface area contributed by atoms with Gasteiger partial charge in [-0.25, -0.2) is 14.6 Å². The lowest BCUT2D eigenvalue weighted by atomic mass is 10.1. The fourth-order valence-electron chi connectivity index (χ4n) is 4.02.